The summed E-state index contributed by atoms with van der Waals surface area (Å²) in [6.07, 6.45) is 6.91. The number of hydrogen-bond donors (Lipinski definition) is 1. The Bertz CT molecular complexity index is 603. The third-order valence-corrected chi connectivity index (χ3v) is 3.72. The largest absolute Gasteiger partial charge is 0.348 e. The van der Waals surface area contributed by atoms with Gasteiger partial charge in [0.15, 0.2) is 0 Å². The van der Waals surface area contributed by atoms with Crippen molar-refractivity contribution in [2.75, 3.05) is 18.0 Å². The van der Waals surface area contributed by atoms with Gasteiger partial charge in [-0.1, -0.05) is 0 Å². The highest BCUT2D eigenvalue weighted by atomic mass is 16.2. The molecule has 2 aromatic rings. The first-order chi connectivity index (χ1) is 10.2. The summed E-state index contributed by atoms with van der Waals surface area (Å²) in [5.74, 6) is 0.693. The number of piperidine rings is 1. The van der Waals surface area contributed by atoms with Crippen LogP contribution in [0.1, 0.15) is 23.3 Å². The Hall–Kier alpha value is -2.44. The van der Waals surface area contributed by atoms with Gasteiger partial charge in [-0.05, 0) is 25.0 Å². The number of carbonyl (C=O) groups is 1. The second-order valence-electron chi connectivity index (χ2n) is 5.12. The summed E-state index contributed by atoms with van der Waals surface area (Å²) in [5, 5.41) is 7.08. The molecule has 0 atom stereocenters. The molecule has 1 aliphatic heterocycles. The van der Waals surface area contributed by atoms with Crippen molar-refractivity contribution in [2.24, 2.45) is 7.05 Å². The van der Waals surface area contributed by atoms with Crippen molar-refractivity contribution in [3.05, 3.63) is 36.4 Å². The Morgan fingerprint density at radius 1 is 1.24 bits per heavy atom. The third-order valence-electron chi connectivity index (χ3n) is 3.72. The van der Waals surface area contributed by atoms with Crippen molar-refractivity contribution in [3.63, 3.8) is 0 Å². The zero-order valence-electron chi connectivity index (χ0n) is 11.9. The van der Waals surface area contributed by atoms with E-state index in [0.717, 1.165) is 31.9 Å². The van der Waals surface area contributed by atoms with Crippen LogP contribution in [0.4, 0.5) is 5.95 Å². The summed E-state index contributed by atoms with van der Waals surface area (Å²) in [7, 11) is 1.77. The summed E-state index contributed by atoms with van der Waals surface area (Å²) in [6.45, 7) is 1.70. The highest BCUT2D eigenvalue weighted by molar-refractivity contribution is 5.92. The van der Waals surface area contributed by atoms with Crippen molar-refractivity contribution < 1.29 is 4.79 Å². The van der Waals surface area contributed by atoms with Crippen LogP contribution in [0.3, 0.4) is 0 Å². The number of rotatable bonds is 3. The molecule has 1 saturated heterocycles. The second-order valence-corrected chi connectivity index (χ2v) is 5.12. The molecule has 0 bridgehead atoms. The predicted octanol–water partition coefficient (Wildman–Crippen LogP) is 0.609. The zero-order chi connectivity index (χ0) is 14.7. The van der Waals surface area contributed by atoms with Gasteiger partial charge in [0.05, 0.1) is 0 Å². The van der Waals surface area contributed by atoms with E-state index >= 15 is 0 Å². The lowest BCUT2D eigenvalue weighted by Gasteiger charge is -2.32. The summed E-state index contributed by atoms with van der Waals surface area (Å²) >= 11 is 0. The maximum absolute atomic E-state index is 12.1. The van der Waals surface area contributed by atoms with Gasteiger partial charge in [0.25, 0.3) is 5.91 Å². The average molecular weight is 286 g/mol. The van der Waals surface area contributed by atoms with E-state index < -0.39 is 0 Å². The third kappa shape index (κ3) is 3.01. The normalized spacial score (nSPS) is 16.0. The maximum Gasteiger partial charge on any atom is 0.269 e. The summed E-state index contributed by atoms with van der Waals surface area (Å²) in [4.78, 5) is 22.8. The molecule has 0 spiro atoms. The molecule has 3 heterocycles. The fourth-order valence-electron chi connectivity index (χ4n) is 2.53. The smallest absolute Gasteiger partial charge is 0.269 e. The van der Waals surface area contributed by atoms with E-state index in [1.165, 1.54) is 0 Å². The van der Waals surface area contributed by atoms with Gasteiger partial charge < -0.3 is 10.2 Å². The standard InChI is InChI=1S/C14H18N6O/c1-19-12(3-8-17-19)13(21)18-11-4-9-20(10-5-11)14-15-6-2-7-16-14/h2-3,6-8,11H,4-5,9-10H2,1H3,(H,18,21). The average Bonchev–Trinajstić information content (AvgIpc) is 2.95. The van der Waals surface area contributed by atoms with Crippen LogP contribution in [0, 0.1) is 0 Å². The second kappa shape index (κ2) is 5.90. The molecule has 7 heteroatoms. The Morgan fingerprint density at radius 3 is 2.57 bits per heavy atom. The van der Waals surface area contributed by atoms with E-state index in [1.807, 2.05) is 6.07 Å². The number of carbonyl (C=O) groups excluding carboxylic acids is 1. The Labute approximate surface area is 123 Å². The molecule has 1 aliphatic rings. The molecule has 0 unspecified atom stereocenters. The molecule has 2 aromatic heterocycles. The van der Waals surface area contributed by atoms with Crippen LogP contribution in [0.2, 0.25) is 0 Å². The lowest BCUT2D eigenvalue weighted by molar-refractivity contribution is 0.0921. The minimum atomic E-state index is -0.0654. The van der Waals surface area contributed by atoms with Crippen LogP contribution in [-0.2, 0) is 7.05 Å². The van der Waals surface area contributed by atoms with Crippen molar-refractivity contribution in [1.29, 1.82) is 0 Å². The molecule has 1 N–H and O–H groups in total. The topological polar surface area (TPSA) is 75.9 Å². The fraction of sp³-hybridized carbons (Fsp3) is 0.429. The molecule has 7 nitrogen and oxygen atoms in total. The Balaban J connectivity index is 1.55. The Morgan fingerprint density at radius 2 is 1.95 bits per heavy atom. The van der Waals surface area contributed by atoms with Crippen molar-refractivity contribution in [2.45, 2.75) is 18.9 Å². The molecular formula is C14H18N6O. The maximum atomic E-state index is 12.1. The van der Waals surface area contributed by atoms with Crippen molar-refractivity contribution >= 4 is 11.9 Å². The molecule has 0 aliphatic carbocycles. The van der Waals surface area contributed by atoms with Gasteiger partial charge in [-0.25, -0.2) is 9.97 Å². The molecule has 0 aromatic carbocycles. The fourth-order valence-corrected chi connectivity index (χ4v) is 2.53. The molecule has 1 fully saturated rings. The van der Waals surface area contributed by atoms with Crippen molar-refractivity contribution in [1.82, 2.24) is 25.1 Å². The predicted molar refractivity (Wildman–Crippen MR) is 77.9 cm³/mol. The van der Waals surface area contributed by atoms with Crippen LogP contribution in [0.15, 0.2) is 30.7 Å². The summed E-state index contributed by atoms with van der Waals surface area (Å²) in [6, 6.07) is 3.72. The van der Waals surface area contributed by atoms with Crippen LogP contribution in [0.5, 0.6) is 0 Å². The first-order valence-corrected chi connectivity index (χ1v) is 7.05. The quantitative estimate of drug-likeness (QED) is 0.894. The van der Waals surface area contributed by atoms with Gasteiger partial charge in [-0.2, -0.15) is 5.10 Å². The first kappa shape index (κ1) is 13.5. The highest BCUT2D eigenvalue weighted by Gasteiger charge is 2.23. The van der Waals surface area contributed by atoms with Gasteiger partial charge in [-0.3, -0.25) is 9.48 Å². The van der Waals surface area contributed by atoms with Crippen LogP contribution in [0.25, 0.3) is 0 Å². The van der Waals surface area contributed by atoms with Crippen LogP contribution < -0.4 is 10.2 Å². The molecular weight excluding hydrogens is 268 g/mol. The zero-order valence-corrected chi connectivity index (χ0v) is 11.9. The SMILES string of the molecule is Cn1nccc1C(=O)NC1CCN(c2ncccn2)CC1. The van der Waals surface area contributed by atoms with Gasteiger partial charge in [0.2, 0.25) is 5.95 Å². The lowest BCUT2D eigenvalue weighted by Crippen LogP contribution is -2.45. The highest BCUT2D eigenvalue weighted by Crippen LogP contribution is 2.15. The lowest BCUT2D eigenvalue weighted by atomic mass is 10.1. The van der Waals surface area contributed by atoms with Crippen molar-refractivity contribution in [3.8, 4) is 0 Å². The number of aryl methyl sites for hydroxylation is 1. The van der Waals surface area contributed by atoms with E-state index in [2.05, 4.69) is 25.3 Å². The monoisotopic (exact) mass is 286 g/mol. The van der Waals surface area contributed by atoms with Gasteiger partial charge in [-0.15, -0.1) is 0 Å². The minimum absolute atomic E-state index is 0.0654. The van der Waals surface area contributed by atoms with E-state index in [0.29, 0.717) is 5.69 Å². The molecule has 0 radical (unpaired) electrons. The van der Waals surface area contributed by atoms with E-state index in [4.69, 9.17) is 0 Å². The van der Waals surface area contributed by atoms with Gasteiger partial charge in [0, 0.05) is 44.8 Å². The van der Waals surface area contributed by atoms with E-state index in [9.17, 15) is 4.79 Å². The summed E-state index contributed by atoms with van der Waals surface area (Å²) < 4.78 is 1.59. The number of anilines is 1. The first-order valence-electron chi connectivity index (χ1n) is 7.05. The number of nitrogens with one attached hydrogen (secondary N) is 1. The number of amides is 1. The van der Waals surface area contributed by atoms with Crippen LogP contribution >= 0.6 is 0 Å². The van der Waals surface area contributed by atoms with E-state index in [1.54, 1.807) is 36.4 Å². The molecule has 21 heavy (non-hydrogen) atoms. The number of aromatic nitrogens is 4. The molecule has 0 saturated carbocycles. The minimum Gasteiger partial charge on any atom is -0.348 e. The van der Waals surface area contributed by atoms with E-state index in [-0.39, 0.29) is 11.9 Å². The summed E-state index contributed by atoms with van der Waals surface area (Å²) in [5.41, 5.74) is 0.587. The number of nitrogens with zero attached hydrogens (tertiary/aromatic N) is 5. The number of hydrogen-bond acceptors (Lipinski definition) is 5. The van der Waals surface area contributed by atoms with Crippen LogP contribution in [-0.4, -0.2) is 44.8 Å². The molecule has 110 valence electrons. The Kier molecular flexibility index (Phi) is 3.81. The molecule has 3 rings (SSSR count). The van der Waals surface area contributed by atoms with Gasteiger partial charge >= 0.3 is 0 Å². The molecule has 1 amide bonds. The van der Waals surface area contributed by atoms with Gasteiger partial charge in [0.1, 0.15) is 5.69 Å².